The van der Waals surface area contributed by atoms with Crippen LogP contribution in [0.1, 0.15) is 31.2 Å². The number of benzene rings is 3. The summed E-state index contributed by atoms with van der Waals surface area (Å²) in [6.07, 6.45) is 0. The summed E-state index contributed by atoms with van der Waals surface area (Å²) in [7, 11) is 0. The van der Waals surface area contributed by atoms with Crippen molar-refractivity contribution in [2.24, 2.45) is 0 Å². The summed E-state index contributed by atoms with van der Waals surface area (Å²) in [4.78, 5) is 33.5. The van der Waals surface area contributed by atoms with Gasteiger partial charge in [0.15, 0.2) is 5.13 Å². The highest BCUT2D eigenvalue weighted by atomic mass is 35.5. The highest BCUT2D eigenvalue weighted by Crippen LogP contribution is 2.36. The quantitative estimate of drug-likeness (QED) is 0.258. The summed E-state index contributed by atoms with van der Waals surface area (Å²) in [5, 5.41) is 5.57. The van der Waals surface area contributed by atoms with Gasteiger partial charge in [0.1, 0.15) is 0 Å². The van der Waals surface area contributed by atoms with Gasteiger partial charge in [-0.3, -0.25) is 14.5 Å². The van der Waals surface area contributed by atoms with Crippen molar-refractivity contribution in [3.63, 3.8) is 0 Å². The Bertz CT molecular complexity index is 1510. The van der Waals surface area contributed by atoms with Gasteiger partial charge >= 0.3 is 0 Å². The van der Waals surface area contributed by atoms with E-state index >= 15 is 0 Å². The molecule has 2 amide bonds. The van der Waals surface area contributed by atoms with Crippen LogP contribution in [0.2, 0.25) is 5.02 Å². The third-order valence-electron chi connectivity index (χ3n) is 5.35. The molecule has 0 saturated heterocycles. The lowest BCUT2D eigenvalue weighted by Crippen LogP contribution is -2.26. The highest BCUT2D eigenvalue weighted by molar-refractivity contribution is 7.22. The van der Waals surface area contributed by atoms with Crippen molar-refractivity contribution in [2.75, 3.05) is 10.2 Å². The Hall–Kier alpha value is -3.52. The Morgan fingerprint density at radius 3 is 2.43 bits per heavy atom. The highest BCUT2D eigenvalue weighted by Gasteiger charge is 2.25. The Kier molecular flexibility index (Phi) is 6.38. The van der Waals surface area contributed by atoms with Crippen LogP contribution in [-0.2, 0) is 0 Å². The number of aryl methyl sites for hydroxylation is 2. The lowest BCUT2D eigenvalue weighted by Gasteiger charge is -2.22. The number of hydrogen-bond donors (Lipinski definition) is 1. The minimum absolute atomic E-state index is 0.266. The monoisotopic (exact) mass is 517 g/mol. The smallest absolute Gasteiger partial charge is 0.265 e. The number of para-hydroxylation sites is 1. The normalized spacial score (nSPS) is 10.9. The van der Waals surface area contributed by atoms with Crippen LogP contribution in [-0.4, -0.2) is 16.8 Å². The van der Waals surface area contributed by atoms with Gasteiger partial charge < -0.3 is 5.32 Å². The first-order valence-corrected chi connectivity index (χ1v) is 12.9. The molecule has 0 bridgehead atoms. The SMILES string of the molecule is Cc1cc(C)cc(N(C(=O)c2ccc(Cl)c(NC(=O)c3cccs3)c2)c2nc3ccccc3s2)c1. The van der Waals surface area contributed by atoms with E-state index in [1.54, 1.807) is 35.2 Å². The van der Waals surface area contributed by atoms with Crippen LogP contribution in [0.3, 0.4) is 0 Å². The van der Waals surface area contributed by atoms with Crippen molar-refractivity contribution in [1.29, 1.82) is 0 Å². The second-order valence-corrected chi connectivity index (χ2v) is 10.4. The van der Waals surface area contributed by atoms with E-state index in [0.29, 0.717) is 26.3 Å². The molecule has 0 atom stereocenters. The lowest BCUT2D eigenvalue weighted by molar-refractivity contribution is 0.0996. The third-order valence-corrected chi connectivity index (χ3v) is 7.57. The van der Waals surface area contributed by atoms with Crippen molar-refractivity contribution in [1.82, 2.24) is 4.98 Å². The number of aromatic nitrogens is 1. The van der Waals surface area contributed by atoms with E-state index in [9.17, 15) is 9.59 Å². The molecule has 2 heterocycles. The van der Waals surface area contributed by atoms with Crippen molar-refractivity contribution >= 4 is 72.8 Å². The minimum atomic E-state index is -0.274. The fourth-order valence-corrected chi connectivity index (χ4v) is 5.59. The van der Waals surface area contributed by atoms with Crippen LogP contribution in [0.15, 0.2) is 78.2 Å². The van der Waals surface area contributed by atoms with Crippen molar-refractivity contribution < 1.29 is 9.59 Å². The van der Waals surface area contributed by atoms with Crippen molar-refractivity contribution in [2.45, 2.75) is 13.8 Å². The molecule has 35 heavy (non-hydrogen) atoms. The lowest BCUT2D eigenvalue weighted by atomic mass is 10.1. The average Bonchev–Trinajstić information content (AvgIpc) is 3.50. The van der Waals surface area contributed by atoms with Gasteiger partial charge in [-0.05, 0) is 78.9 Å². The third kappa shape index (κ3) is 4.84. The maximum absolute atomic E-state index is 14.0. The Labute approximate surface area is 215 Å². The summed E-state index contributed by atoms with van der Waals surface area (Å²) in [6.45, 7) is 4.00. The summed E-state index contributed by atoms with van der Waals surface area (Å²) in [5.41, 5.74) is 4.40. The number of nitrogens with one attached hydrogen (secondary N) is 1. The van der Waals surface area contributed by atoms with E-state index in [2.05, 4.69) is 11.4 Å². The molecule has 3 aromatic carbocycles. The zero-order chi connectivity index (χ0) is 24.5. The first kappa shape index (κ1) is 23.2. The molecule has 0 aliphatic heterocycles. The molecule has 1 N–H and O–H groups in total. The molecule has 0 saturated carbocycles. The molecule has 2 aromatic heterocycles. The second kappa shape index (κ2) is 9.62. The Morgan fingerprint density at radius 1 is 0.943 bits per heavy atom. The van der Waals surface area contributed by atoms with Gasteiger partial charge in [0, 0.05) is 5.56 Å². The number of nitrogens with zero attached hydrogens (tertiary/aromatic N) is 2. The number of fused-ring (bicyclic) bond motifs is 1. The maximum Gasteiger partial charge on any atom is 0.265 e. The zero-order valence-electron chi connectivity index (χ0n) is 18.9. The summed E-state index contributed by atoms with van der Waals surface area (Å²) >= 11 is 9.15. The molecule has 5 rings (SSSR count). The second-order valence-electron chi connectivity index (χ2n) is 8.08. The zero-order valence-corrected chi connectivity index (χ0v) is 21.3. The first-order chi connectivity index (χ1) is 16.9. The number of rotatable bonds is 5. The first-order valence-electron chi connectivity index (χ1n) is 10.8. The van der Waals surface area contributed by atoms with Gasteiger partial charge in [0.05, 0.1) is 31.5 Å². The molecule has 0 aliphatic rings. The Morgan fingerprint density at radius 2 is 1.71 bits per heavy atom. The number of carbonyl (C=O) groups is 2. The van der Waals surface area contributed by atoms with E-state index in [0.717, 1.165) is 27.0 Å². The predicted octanol–water partition coefficient (Wildman–Crippen LogP) is 7.86. The van der Waals surface area contributed by atoms with Crippen molar-refractivity contribution in [3.8, 4) is 0 Å². The van der Waals surface area contributed by atoms with Gasteiger partial charge in [-0.1, -0.05) is 47.2 Å². The molecule has 0 radical (unpaired) electrons. The number of halogens is 1. The van der Waals surface area contributed by atoms with Crippen LogP contribution < -0.4 is 10.2 Å². The number of hydrogen-bond acceptors (Lipinski definition) is 5. The standard InChI is InChI=1S/C27H20ClN3O2S2/c1-16-12-17(2)14-19(13-16)31(27-30-21-6-3-4-7-23(21)35-27)26(33)18-9-10-20(28)22(15-18)29-25(32)24-8-5-11-34-24/h3-15H,1-2H3,(H,29,32). The summed E-state index contributed by atoms with van der Waals surface area (Å²) in [5.74, 6) is -0.541. The molecular formula is C27H20ClN3O2S2. The van der Waals surface area contributed by atoms with E-state index < -0.39 is 0 Å². The summed E-state index contributed by atoms with van der Waals surface area (Å²) in [6, 6.07) is 22.2. The fourth-order valence-electron chi connectivity index (χ4n) is 3.82. The molecule has 0 aliphatic carbocycles. The number of carbonyl (C=O) groups excluding carboxylic acids is 2. The van der Waals surface area contributed by atoms with Crippen LogP contribution in [0.4, 0.5) is 16.5 Å². The minimum Gasteiger partial charge on any atom is -0.320 e. The largest absolute Gasteiger partial charge is 0.320 e. The molecular weight excluding hydrogens is 498 g/mol. The van der Waals surface area contributed by atoms with Crippen LogP contribution in [0.5, 0.6) is 0 Å². The average molecular weight is 518 g/mol. The van der Waals surface area contributed by atoms with Crippen LogP contribution in [0, 0.1) is 13.8 Å². The van der Waals surface area contributed by atoms with E-state index in [1.165, 1.54) is 22.7 Å². The van der Waals surface area contributed by atoms with Gasteiger partial charge in [-0.2, -0.15) is 0 Å². The van der Waals surface area contributed by atoms with Crippen LogP contribution in [0.25, 0.3) is 10.2 Å². The topological polar surface area (TPSA) is 62.3 Å². The summed E-state index contributed by atoms with van der Waals surface area (Å²) < 4.78 is 0.990. The molecule has 5 aromatic rings. The number of thiophene rings is 1. The van der Waals surface area contributed by atoms with Gasteiger partial charge in [0.25, 0.3) is 11.8 Å². The molecule has 174 valence electrons. The maximum atomic E-state index is 14.0. The molecule has 8 heteroatoms. The molecule has 0 fully saturated rings. The molecule has 0 spiro atoms. The number of thiazole rings is 1. The fraction of sp³-hybridized carbons (Fsp3) is 0.0741. The number of anilines is 3. The predicted molar refractivity (Wildman–Crippen MR) is 146 cm³/mol. The number of amides is 2. The molecule has 0 unspecified atom stereocenters. The van der Waals surface area contributed by atoms with E-state index in [-0.39, 0.29) is 11.8 Å². The van der Waals surface area contributed by atoms with Crippen molar-refractivity contribution in [3.05, 3.63) is 105 Å². The van der Waals surface area contributed by atoms with Gasteiger partial charge in [-0.15, -0.1) is 11.3 Å². The van der Waals surface area contributed by atoms with E-state index in [1.807, 2.05) is 55.6 Å². The van der Waals surface area contributed by atoms with Crippen LogP contribution >= 0.6 is 34.3 Å². The Balaban J connectivity index is 1.57. The van der Waals surface area contributed by atoms with Gasteiger partial charge in [-0.25, -0.2) is 4.98 Å². The van der Waals surface area contributed by atoms with E-state index in [4.69, 9.17) is 16.6 Å². The molecule has 5 nitrogen and oxygen atoms in total. The van der Waals surface area contributed by atoms with Gasteiger partial charge in [0.2, 0.25) is 0 Å².